The number of nitrogens with one attached hydrogen (secondary N) is 1. The first kappa shape index (κ1) is 12.3. The van der Waals surface area contributed by atoms with Crippen LogP contribution in [-0.4, -0.2) is 36.4 Å². The number of hydrogen-bond acceptors (Lipinski definition) is 4. The van der Waals surface area contributed by atoms with Crippen LogP contribution in [0.1, 0.15) is 29.6 Å². The molecule has 0 radical (unpaired) electrons. The van der Waals surface area contributed by atoms with Crippen LogP contribution in [0.5, 0.6) is 11.5 Å². The lowest BCUT2D eigenvalue weighted by Gasteiger charge is -2.41. The van der Waals surface area contributed by atoms with Crippen molar-refractivity contribution >= 4 is 5.91 Å². The van der Waals surface area contributed by atoms with E-state index in [-0.39, 0.29) is 12.5 Å². The van der Waals surface area contributed by atoms with E-state index in [4.69, 9.17) is 9.47 Å². The maximum atomic E-state index is 12.2. The summed E-state index contributed by atoms with van der Waals surface area (Å²) in [5.41, 5.74) is 0.105. The molecule has 0 atom stereocenters. The van der Waals surface area contributed by atoms with Gasteiger partial charge in [0.2, 0.25) is 0 Å². The fourth-order valence-electron chi connectivity index (χ4n) is 2.42. The quantitative estimate of drug-likeness (QED) is 0.857. The molecule has 2 aliphatic rings. The van der Waals surface area contributed by atoms with Crippen molar-refractivity contribution in [3.8, 4) is 11.5 Å². The molecule has 0 aromatic heterocycles. The number of amides is 1. The normalized spacial score (nSPS) is 19.4. The Morgan fingerprint density at radius 1 is 1.26 bits per heavy atom. The van der Waals surface area contributed by atoms with E-state index in [1.54, 1.807) is 18.2 Å². The summed E-state index contributed by atoms with van der Waals surface area (Å²) in [7, 11) is 0. The van der Waals surface area contributed by atoms with Gasteiger partial charge in [-0.2, -0.15) is 0 Å². The average Bonchev–Trinajstić information content (AvgIpc) is 2.42. The number of hydrogen-bond donors (Lipinski definition) is 2. The molecule has 19 heavy (non-hydrogen) atoms. The molecule has 0 bridgehead atoms. The van der Waals surface area contributed by atoms with E-state index in [0.29, 0.717) is 30.3 Å². The molecule has 0 spiro atoms. The van der Waals surface area contributed by atoms with Gasteiger partial charge in [0.15, 0.2) is 11.5 Å². The predicted molar refractivity (Wildman–Crippen MR) is 68.6 cm³/mol. The van der Waals surface area contributed by atoms with E-state index >= 15 is 0 Å². The van der Waals surface area contributed by atoms with Crippen LogP contribution >= 0.6 is 0 Å². The first-order valence-electron chi connectivity index (χ1n) is 6.55. The van der Waals surface area contributed by atoms with Crippen molar-refractivity contribution in [2.75, 3.05) is 19.8 Å². The second kappa shape index (κ2) is 4.74. The molecule has 102 valence electrons. The maximum absolute atomic E-state index is 12.2. The highest BCUT2D eigenvalue weighted by molar-refractivity contribution is 5.95. The Morgan fingerprint density at radius 3 is 2.63 bits per heavy atom. The molecule has 1 aromatic carbocycles. The number of carbonyl (C=O) groups is 1. The van der Waals surface area contributed by atoms with Crippen LogP contribution in [-0.2, 0) is 0 Å². The first-order chi connectivity index (χ1) is 9.22. The maximum Gasteiger partial charge on any atom is 0.251 e. The van der Waals surface area contributed by atoms with Crippen molar-refractivity contribution in [2.45, 2.75) is 24.8 Å². The van der Waals surface area contributed by atoms with E-state index in [1.165, 1.54) is 0 Å². The van der Waals surface area contributed by atoms with Gasteiger partial charge in [-0.05, 0) is 37.5 Å². The SMILES string of the molecule is O=C(NC1(CO)CCC1)c1ccc2c(c1)OCCO2. The Hall–Kier alpha value is -1.75. The Balaban J connectivity index is 1.76. The van der Waals surface area contributed by atoms with Gasteiger partial charge in [-0.3, -0.25) is 4.79 Å². The summed E-state index contributed by atoms with van der Waals surface area (Å²) >= 11 is 0. The standard InChI is InChI=1S/C14H17NO4/c16-9-14(4-1-5-14)15-13(17)10-2-3-11-12(8-10)19-7-6-18-11/h2-3,8,16H,1,4-7,9H2,(H,15,17). The number of benzene rings is 1. The number of fused-ring (bicyclic) bond motifs is 1. The Bertz CT molecular complexity index is 491. The van der Waals surface area contributed by atoms with Crippen LogP contribution in [0, 0.1) is 0 Å². The van der Waals surface area contributed by atoms with Crippen molar-refractivity contribution in [2.24, 2.45) is 0 Å². The van der Waals surface area contributed by atoms with Crippen LogP contribution in [0.3, 0.4) is 0 Å². The molecule has 1 amide bonds. The molecule has 0 saturated heterocycles. The molecule has 3 rings (SSSR count). The number of carbonyl (C=O) groups excluding carboxylic acids is 1. The lowest BCUT2D eigenvalue weighted by atomic mass is 9.77. The molecule has 1 saturated carbocycles. The lowest BCUT2D eigenvalue weighted by Crippen LogP contribution is -2.56. The minimum absolute atomic E-state index is 0.0106. The molecule has 1 aromatic rings. The predicted octanol–water partition coefficient (Wildman–Crippen LogP) is 1.10. The zero-order valence-electron chi connectivity index (χ0n) is 10.6. The Labute approximate surface area is 111 Å². The largest absolute Gasteiger partial charge is 0.486 e. The Kier molecular flexibility index (Phi) is 3.06. The first-order valence-corrected chi connectivity index (χ1v) is 6.55. The van der Waals surface area contributed by atoms with E-state index < -0.39 is 5.54 Å². The molecule has 1 aliphatic heterocycles. The molecule has 2 N–H and O–H groups in total. The zero-order chi connectivity index (χ0) is 13.3. The summed E-state index contributed by atoms with van der Waals surface area (Å²) in [4.78, 5) is 12.2. The van der Waals surface area contributed by atoms with E-state index in [2.05, 4.69) is 5.32 Å². The molecule has 1 aliphatic carbocycles. The monoisotopic (exact) mass is 263 g/mol. The van der Waals surface area contributed by atoms with Crippen molar-refractivity contribution in [3.05, 3.63) is 23.8 Å². The Morgan fingerprint density at radius 2 is 2.00 bits per heavy atom. The molecular weight excluding hydrogens is 246 g/mol. The summed E-state index contributed by atoms with van der Waals surface area (Å²) in [6, 6.07) is 5.15. The van der Waals surface area contributed by atoms with Crippen molar-refractivity contribution in [1.29, 1.82) is 0 Å². The molecule has 5 nitrogen and oxygen atoms in total. The summed E-state index contributed by atoms with van der Waals surface area (Å²) < 4.78 is 10.9. The van der Waals surface area contributed by atoms with Crippen LogP contribution in [0.15, 0.2) is 18.2 Å². The second-order valence-corrected chi connectivity index (χ2v) is 5.10. The van der Waals surface area contributed by atoms with Crippen molar-refractivity contribution in [3.63, 3.8) is 0 Å². The van der Waals surface area contributed by atoms with E-state index in [9.17, 15) is 9.90 Å². The molecule has 0 unspecified atom stereocenters. The van der Waals surface area contributed by atoms with Crippen molar-refractivity contribution in [1.82, 2.24) is 5.32 Å². The number of aliphatic hydroxyl groups is 1. The summed E-state index contributed by atoms with van der Waals surface area (Å²) in [6.45, 7) is 1.02. The smallest absolute Gasteiger partial charge is 0.251 e. The van der Waals surface area contributed by atoms with Gasteiger partial charge >= 0.3 is 0 Å². The highest BCUT2D eigenvalue weighted by Gasteiger charge is 2.37. The van der Waals surface area contributed by atoms with Crippen LogP contribution in [0.4, 0.5) is 0 Å². The van der Waals surface area contributed by atoms with E-state index in [0.717, 1.165) is 19.3 Å². The van der Waals surface area contributed by atoms with Gasteiger partial charge in [0, 0.05) is 5.56 Å². The molecule has 5 heteroatoms. The van der Waals surface area contributed by atoms with Gasteiger partial charge in [0.05, 0.1) is 12.1 Å². The highest BCUT2D eigenvalue weighted by atomic mass is 16.6. The summed E-state index contributed by atoms with van der Waals surface area (Å²) in [6.07, 6.45) is 2.71. The topological polar surface area (TPSA) is 67.8 Å². The average molecular weight is 263 g/mol. The van der Waals surface area contributed by atoms with Gasteiger partial charge < -0.3 is 19.9 Å². The second-order valence-electron chi connectivity index (χ2n) is 5.10. The third kappa shape index (κ3) is 2.26. The van der Waals surface area contributed by atoms with Crippen LogP contribution in [0.2, 0.25) is 0 Å². The van der Waals surface area contributed by atoms with Crippen molar-refractivity contribution < 1.29 is 19.4 Å². The van der Waals surface area contributed by atoms with Gasteiger partial charge in [-0.25, -0.2) is 0 Å². The summed E-state index contributed by atoms with van der Waals surface area (Å²) in [5, 5.41) is 12.3. The highest BCUT2D eigenvalue weighted by Crippen LogP contribution is 2.33. The molecule has 1 heterocycles. The number of aliphatic hydroxyl groups excluding tert-OH is 1. The van der Waals surface area contributed by atoms with Gasteiger partial charge in [-0.1, -0.05) is 0 Å². The van der Waals surface area contributed by atoms with E-state index in [1.807, 2.05) is 0 Å². The number of rotatable bonds is 3. The molecule has 1 fully saturated rings. The van der Waals surface area contributed by atoms with Gasteiger partial charge in [0.1, 0.15) is 13.2 Å². The van der Waals surface area contributed by atoms with Gasteiger partial charge in [0.25, 0.3) is 5.91 Å². The zero-order valence-corrected chi connectivity index (χ0v) is 10.6. The summed E-state index contributed by atoms with van der Waals surface area (Å²) in [5.74, 6) is 1.10. The fraction of sp³-hybridized carbons (Fsp3) is 0.500. The third-order valence-electron chi connectivity index (χ3n) is 3.80. The van der Waals surface area contributed by atoms with Gasteiger partial charge in [-0.15, -0.1) is 0 Å². The molecular formula is C14H17NO4. The minimum Gasteiger partial charge on any atom is -0.486 e. The minimum atomic E-state index is -0.426. The lowest BCUT2D eigenvalue weighted by molar-refractivity contribution is 0.0641. The van der Waals surface area contributed by atoms with Crippen LogP contribution < -0.4 is 14.8 Å². The fourth-order valence-corrected chi connectivity index (χ4v) is 2.42. The van der Waals surface area contributed by atoms with Crippen LogP contribution in [0.25, 0.3) is 0 Å². The third-order valence-corrected chi connectivity index (χ3v) is 3.80. The number of ether oxygens (including phenoxy) is 2.